The number of urea groups is 1. The van der Waals surface area contributed by atoms with Gasteiger partial charge in [0.25, 0.3) is 0 Å². The molecule has 0 aromatic carbocycles. The highest BCUT2D eigenvalue weighted by atomic mass is 16.2. The number of hydrogen-bond acceptors (Lipinski definition) is 4. The van der Waals surface area contributed by atoms with Gasteiger partial charge in [-0.15, -0.1) is 5.10 Å². The topological polar surface area (TPSA) is 84.7 Å². The van der Waals surface area contributed by atoms with Gasteiger partial charge >= 0.3 is 6.03 Å². The van der Waals surface area contributed by atoms with Crippen LogP contribution in [0.3, 0.4) is 0 Å². The molecule has 2 aliphatic carbocycles. The lowest BCUT2D eigenvalue weighted by Gasteiger charge is -2.23. The van der Waals surface area contributed by atoms with Crippen LogP contribution in [0.4, 0.5) is 4.79 Å². The van der Waals surface area contributed by atoms with Crippen molar-refractivity contribution in [2.75, 3.05) is 0 Å². The molecule has 7 heteroatoms. The molecule has 0 radical (unpaired) electrons. The third kappa shape index (κ3) is 3.96. The lowest BCUT2D eigenvalue weighted by Crippen LogP contribution is -2.43. The maximum Gasteiger partial charge on any atom is 0.315 e. The molecule has 2 saturated carbocycles. The highest BCUT2D eigenvalue weighted by Gasteiger charge is 2.20. The van der Waals surface area contributed by atoms with E-state index in [9.17, 15) is 4.79 Å². The Hall–Kier alpha value is -1.66. The molecule has 0 unspecified atom stereocenters. The summed E-state index contributed by atoms with van der Waals surface area (Å²) in [7, 11) is 0. The van der Waals surface area contributed by atoms with Crippen LogP contribution >= 0.6 is 0 Å². The third-order valence-corrected chi connectivity index (χ3v) is 4.83. The van der Waals surface area contributed by atoms with Crippen LogP contribution in [0.15, 0.2) is 0 Å². The van der Waals surface area contributed by atoms with Crippen molar-refractivity contribution in [3.63, 3.8) is 0 Å². The Bertz CT molecular complexity index is 476. The van der Waals surface area contributed by atoms with E-state index >= 15 is 0 Å². The van der Waals surface area contributed by atoms with Crippen molar-refractivity contribution in [3.05, 3.63) is 5.82 Å². The van der Waals surface area contributed by atoms with E-state index in [4.69, 9.17) is 0 Å². The molecule has 2 amide bonds. The van der Waals surface area contributed by atoms with Gasteiger partial charge in [0.1, 0.15) is 0 Å². The summed E-state index contributed by atoms with van der Waals surface area (Å²) in [5, 5.41) is 17.9. The molecular formula is C15H26N6O. The molecule has 0 atom stereocenters. The van der Waals surface area contributed by atoms with Gasteiger partial charge in [-0.25, -0.2) is 9.48 Å². The predicted octanol–water partition coefficient (Wildman–Crippen LogP) is 2.31. The minimum absolute atomic E-state index is 0.106. The number of nitrogens with one attached hydrogen (secondary N) is 2. The molecule has 1 aromatic heterocycles. The van der Waals surface area contributed by atoms with Gasteiger partial charge in [-0.1, -0.05) is 38.5 Å². The zero-order chi connectivity index (χ0) is 15.2. The fourth-order valence-corrected chi connectivity index (χ4v) is 3.58. The second kappa shape index (κ2) is 7.56. The van der Waals surface area contributed by atoms with Crippen LogP contribution in [0.25, 0.3) is 0 Å². The van der Waals surface area contributed by atoms with Crippen LogP contribution in [0, 0.1) is 0 Å². The number of aromatic nitrogens is 4. The average Bonchev–Trinajstić information content (AvgIpc) is 3.03. The van der Waals surface area contributed by atoms with Crippen molar-refractivity contribution in [3.8, 4) is 0 Å². The van der Waals surface area contributed by atoms with Gasteiger partial charge < -0.3 is 10.6 Å². The van der Waals surface area contributed by atoms with Gasteiger partial charge in [0.15, 0.2) is 5.82 Å². The van der Waals surface area contributed by atoms with Crippen LogP contribution in [0.1, 0.15) is 76.1 Å². The minimum Gasteiger partial charge on any atom is -0.335 e. The monoisotopic (exact) mass is 306 g/mol. The number of amides is 2. The molecule has 3 rings (SSSR count). The molecule has 2 N–H and O–H groups in total. The van der Waals surface area contributed by atoms with Gasteiger partial charge in [-0.3, -0.25) is 0 Å². The molecule has 1 aromatic rings. The Morgan fingerprint density at radius 2 is 1.73 bits per heavy atom. The standard InChI is InChI=1S/C15H26N6O/c22-15(17-12-7-3-1-4-8-12)16-11-14-18-19-20-21(14)13-9-5-2-6-10-13/h12-13H,1-11H2,(H2,16,17,22). The molecule has 0 bridgehead atoms. The van der Waals surface area contributed by atoms with E-state index in [0.29, 0.717) is 18.6 Å². The van der Waals surface area contributed by atoms with E-state index < -0.39 is 0 Å². The normalized spacial score (nSPS) is 20.7. The molecule has 122 valence electrons. The first-order valence-corrected chi connectivity index (χ1v) is 8.64. The number of carbonyl (C=O) groups is 1. The molecule has 2 aliphatic rings. The third-order valence-electron chi connectivity index (χ3n) is 4.83. The largest absolute Gasteiger partial charge is 0.335 e. The SMILES string of the molecule is O=C(NCc1nnnn1C1CCCCC1)NC1CCCCC1. The van der Waals surface area contributed by atoms with E-state index in [0.717, 1.165) is 31.5 Å². The van der Waals surface area contributed by atoms with Crippen LogP contribution < -0.4 is 10.6 Å². The number of rotatable bonds is 4. The number of tetrazole rings is 1. The van der Waals surface area contributed by atoms with Crippen molar-refractivity contribution in [2.45, 2.75) is 82.8 Å². The van der Waals surface area contributed by atoms with Crippen LogP contribution in [-0.2, 0) is 6.54 Å². The van der Waals surface area contributed by atoms with Crippen LogP contribution in [-0.4, -0.2) is 32.3 Å². The van der Waals surface area contributed by atoms with Gasteiger partial charge in [0.05, 0.1) is 12.6 Å². The summed E-state index contributed by atoms with van der Waals surface area (Å²) in [6, 6.07) is 0.607. The number of hydrogen-bond donors (Lipinski definition) is 2. The van der Waals surface area contributed by atoms with Gasteiger partial charge in [-0.05, 0) is 36.1 Å². The molecule has 0 saturated heterocycles. The Morgan fingerprint density at radius 3 is 2.45 bits per heavy atom. The summed E-state index contributed by atoms with van der Waals surface area (Å²) in [4.78, 5) is 12.0. The lowest BCUT2D eigenvalue weighted by molar-refractivity contribution is 0.231. The second-order valence-corrected chi connectivity index (χ2v) is 6.49. The lowest BCUT2D eigenvalue weighted by atomic mass is 9.95. The highest BCUT2D eigenvalue weighted by molar-refractivity contribution is 5.74. The summed E-state index contributed by atoms with van der Waals surface area (Å²) in [5.74, 6) is 0.755. The van der Waals surface area contributed by atoms with Gasteiger partial charge in [-0.2, -0.15) is 0 Å². The van der Waals surface area contributed by atoms with Crippen LogP contribution in [0.5, 0.6) is 0 Å². The molecule has 2 fully saturated rings. The van der Waals surface area contributed by atoms with Gasteiger partial charge in [0.2, 0.25) is 0 Å². The van der Waals surface area contributed by atoms with Gasteiger partial charge in [0, 0.05) is 6.04 Å². The quantitative estimate of drug-likeness (QED) is 0.894. The molecule has 0 spiro atoms. The van der Waals surface area contributed by atoms with E-state index in [1.165, 1.54) is 38.5 Å². The Morgan fingerprint density at radius 1 is 1.05 bits per heavy atom. The summed E-state index contributed by atoms with van der Waals surface area (Å²) in [6.45, 7) is 0.391. The molecule has 1 heterocycles. The van der Waals surface area contributed by atoms with Crippen molar-refractivity contribution >= 4 is 6.03 Å². The minimum atomic E-state index is -0.106. The second-order valence-electron chi connectivity index (χ2n) is 6.49. The first-order valence-electron chi connectivity index (χ1n) is 8.64. The number of carbonyl (C=O) groups excluding carboxylic acids is 1. The fourth-order valence-electron chi connectivity index (χ4n) is 3.58. The maximum atomic E-state index is 12.0. The molecule has 7 nitrogen and oxygen atoms in total. The fraction of sp³-hybridized carbons (Fsp3) is 0.867. The molecule has 0 aliphatic heterocycles. The maximum absolute atomic E-state index is 12.0. The highest BCUT2D eigenvalue weighted by Crippen LogP contribution is 2.27. The van der Waals surface area contributed by atoms with Crippen molar-refractivity contribution < 1.29 is 4.79 Å². The first kappa shape index (κ1) is 15.2. The van der Waals surface area contributed by atoms with Crippen LogP contribution in [0.2, 0.25) is 0 Å². The zero-order valence-electron chi connectivity index (χ0n) is 13.1. The number of nitrogens with zero attached hydrogens (tertiary/aromatic N) is 4. The first-order chi connectivity index (χ1) is 10.8. The molecular weight excluding hydrogens is 280 g/mol. The summed E-state index contributed by atoms with van der Waals surface area (Å²) in [5.41, 5.74) is 0. The molecule has 22 heavy (non-hydrogen) atoms. The summed E-state index contributed by atoms with van der Waals surface area (Å²) in [6.07, 6.45) is 11.9. The Labute approximate surface area is 131 Å². The average molecular weight is 306 g/mol. The van der Waals surface area contributed by atoms with E-state index in [-0.39, 0.29) is 6.03 Å². The van der Waals surface area contributed by atoms with Crippen molar-refractivity contribution in [1.82, 2.24) is 30.8 Å². The van der Waals surface area contributed by atoms with E-state index in [1.807, 2.05) is 4.68 Å². The predicted molar refractivity (Wildman–Crippen MR) is 82.2 cm³/mol. The van der Waals surface area contributed by atoms with E-state index in [2.05, 4.69) is 26.2 Å². The van der Waals surface area contributed by atoms with Crippen molar-refractivity contribution in [1.29, 1.82) is 0 Å². The zero-order valence-corrected chi connectivity index (χ0v) is 13.1. The summed E-state index contributed by atoms with van der Waals surface area (Å²) >= 11 is 0. The summed E-state index contributed by atoms with van der Waals surface area (Å²) < 4.78 is 1.90. The Balaban J connectivity index is 1.48. The van der Waals surface area contributed by atoms with Crippen molar-refractivity contribution in [2.24, 2.45) is 0 Å². The van der Waals surface area contributed by atoms with E-state index in [1.54, 1.807) is 0 Å². The smallest absolute Gasteiger partial charge is 0.315 e. The Kier molecular flexibility index (Phi) is 5.24.